The molecule has 0 aromatic heterocycles. The molecule has 144 valence electrons. The van der Waals surface area contributed by atoms with E-state index >= 15 is 0 Å². The van der Waals surface area contributed by atoms with Gasteiger partial charge in [0.25, 0.3) is 0 Å². The Bertz CT molecular complexity index is 735. The van der Waals surface area contributed by atoms with Gasteiger partial charge in [-0.2, -0.15) is 0 Å². The molecule has 5 nitrogen and oxygen atoms in total. The number of benzene rings is 1. The Kier molecular flexibility index (Phi) is 6.18. The second-order valence-electron chi connectivity index (χ2n) is 7.56. The second kappa shape index (κ2) is 8.58. The fourth-order valence-corrected chi connectivity index (χ4v) is 4.08. The third kappa shape index (κ3) is 4.51. The van der Waals surface area contributed by atoms with Gasteiger partial charge in [0, 0.05) is 19.4 Å². The summed E-state index contributed by atoms with van der Waals surface area (Å²) in [5, 5.41) is 4.29. The van der Waals surface area contributed by atoms with E-state index < -0.39 is 5.41 Å². The lowest BCUT2D eigenvalue weighted by molar-refractivity contribution is -0.162. The molecule has 0 aliphatic carbocycles. The quantitative estimate of drug-likeness (QED) is 0.572. The predicted octanol–water partition coefficient (Wildman–Crippen LogP) is 3.16. The standard InChI is InChI=1S/C22H28N2O3/c1-4-12-24-13-6-11-22(16-24,21(25)26-5-2)15-19-14-20(23-27-19)18-9-7-17(3)8-10-18/h1,7-10,19H,5-6,11-16H2,2-3H3/t19-,22+/m0/s1. The first-order valence-electron chi connectivity index (χ1n) is 9.69. The number of terminal acetylenes is 1. The van der Waals surface area contributed by atoms with Crippen LogP contribution >= 0.6 is 0 Å². The number of rotatable bonds is 6. The van der Waals surface area contributed by atoms with Crippen molar-refractivity contribution >= 4 is 11.7 Å². The highest BCUT2D eigenvalue weighted by atomic mass is 16.6. The van der Waals surface area contributed by atoms with Crippen LogP contribution in [0.2, 0.25) is 0 Å². The van der Waals surface area contributed by atoms with Crippen molar-refractivity contribution in [3.05, 3.63) is 35.4 Å². The SMILES string of the molecule is C#CCN1CCC[C@](C[C@@H]2CC(c3ccc(C)cc3)=NO2)(C(=O)OCC)C1. The zero-order valence-corrected chi connectivity index (χ0v) is 16.2. The molecule has 0 bridgehead atoms. The number of ether oxygens (including phenoxy) is 1. The molecule has 1 aromatic carbocycles. The molecule has 0 unspecified atom stereocenters. The number of hydrogen-bond acceptors (Lipinski definition) is 5. The minimum absolute atomic E-state index is 0.114. The molecule has 2 aliphatic heterocycles. The average molecular weight is 368 g/mol. The van der Waals surface area contributed by atoms with Gasteiger partial charge in [-0.3, -0.25) is 9.69 Å². The molecular formula is C22H28N2O3. The number of esters is 1. The number of aryl methyl sites for hydroxylation is 1. The molecule has 27 heavy (non-hydrogen) atoms. The number of nitrogens with zero attached hydrogens (tertiary/aromatic N) is 2. The van der Waals surface area contributed by atoms with Crippen LogP contribution in [0.5, 0.6) is 0 Å². The van der Waals surface area contributed by atoms with Crippen molar-refractivity contribution in [2.75, 3.05) is 26.2 Å². The molecule has 1 aromatic rings. The third-order valence-electron chi connectivity index (χ3n) is 5.42. The monoisotopic (exact) mass is 368 g/mol. The van der Waals surface area contributed by atoms with Gasteiger partial charge in [0.15, 0.2) is 0 Å². The molecule has 0 N–H and O–H groups in total. The van der Waals surface area contributed by atoms with Crippen molar-refractivity contribution in [2.45, 2.75) is 45.6 Å². The van der Waals surface area contributed by atoms with E-state index in [9.17, 15) is 4.79 Å². The summed E-state index contributed by atoms with van der Waals surface area (Å²) in [6.45, 7) is 6.38. The van der Waals surface area contributed by atoms with Gasteiger partial charge in [0.1, 0.15) is 6.10 Å². The van der Waals surface area contributed by atoms with Gasteiger partial charge in [-0.1, -0.05) is 40.9 Å². The summed E-state index contributed by atoms with van der Waals surface area (Å²) in [5.74, 6) is 2.55. The summed E-state index contributed by atoms with van der Waals surface area (Å²) in [6, 6.07) is 8.28. The molecule has 2 atom stereocenters. The highest BCUT2D eigenvalue weighted by Gasteiger charge is 2.46. The number of carbonyl (C=O) groups excluding carboxylic acids is 1. The van der Waals surface area contributed by atoms with Crippen molar-refractivity contribution in [3.63, 3.8) is 0 Å². The number of carbonyl (C=O) groups is 1. The minimum Gasteiger partial charge on any atom is -0.466 e. The Balaban J connectivity index is 1.71. The smallest absolute Gasteiger partial charge is 0.313 e. The van der Waals surface area contributed by atoms with Crippen molar-refractivity contribution in [1.82, 2.24) is 4.90 Å². The van der Waals surface area contributed by atoms with E-state index in [-0.39, 0.29) is 12.1 Å². The van der Waals surface area contributed by atoms with Crippen molar-refractivity contribution < 1.29 is 14.4 Å². The van der Waals surface area contributed by atoms with E-state index in [4.69, 9.17) is 16.0 Å². The molecular weight excluding hydrogens is 340 g/mol. The zero-order chi connectivity index (χ0) is 19.3. The average Bonchev–Trinajstić information content (AvgIpc) is 3.11. The normalized spacial score (nSPS) is 25.4. The molecule has 2 heterocycles. The molecule has 0 radical (unpaired) electrons. The Labute approximate surface area is 161 Å². The number of oxime groups is 1. The van der Waals surface area contributed by atoms with Crippen molar-refractivity contribution in [2.24, 2.45) is 10.6 Å². The first-order valence-corrected chi connectivity index (χ1v) is 9.69. The van der Waals surface area contributed by atoms with Crippen LogP contribution in [0.1, 0.15) is 43.7 Å². The summed E-state index contributed by atoms with van der Waals surface area (Å²) in [4.78, 5) is 20.7. The second-order valence-corrected chi connectivity index (χ2v) is 7.56. The van der Waals surface area contributed by atoms with E-state index in [2.05, 4.69) is 47.2 Å². The van der Waals surface area contributed by atoms with Gasteiger partial charge in [-0.15, -0.1) is 6.42 Å². The maximum atomic E-state index is 12.9. The molecule has 1 fully saturated rings. The molecule has 0 saturated carbocycles. The van der Waals surface area contributed by atoms with E-state index in [0.717, 1.165) is 30.7 Å². The summed E-state index contributed by atoms with van der Waals surface area (Å²) in [6.07, 6.45) is 8.41. The Hall–Kier alpha value is -2.32. The van der Waals surface area contributed by atoms with Gasteiger partial charge >= 0.3 is 5.97 Å². The fourth-order valence-electron chi connectivity index (χ4n) is 4.08. The zero-order valence-electron chi connectivity index (χ0n) is 16.2. The van der Waals surface area contributed by atoms with Crippen molar-refractivity contribution in [1.29, 1.82) is 0 Å². The molecule has 0 spiro atoms. The summed E-state index contributed by atoms with van der Waals surface area (Å²) < 4.78 is 5.44. The summed E-state index contributed by atoms with van der Waals surface area (Å²) in [5.41, 5.74) is 2.65. The van der Waals surface area contributed by atoms with Crippen LogP contribution in [0.25, 0.3) is 0 Å². The Morgan fingerprint density at radius 2 is 2.22 bits per heavy atom. The highest BCUT2D eigenvalue weighted by Crippen LogP contribution is 2.38. The van der Waals surface area contributed by atoms with Crippen LogP contribution in [0.3, 0.4) is 0 Å². The first-order chi connectivity index (χ1) is 13.1. The predicted molar refractivity (Wildman–Crippen MR) is 105 cm³/mol. The summed E-state index contributed by atoms with van der Waals surface area (Å²) >= 11 is 0. The maximum absolute atomic E-state index is 12.9. The molecule has 0 amide bonds. The van der Waals surface area contributed by atoms with Crippen LogP contribution in [-0.4, -0.2) is 48.9 Å². The lowest BCUT2D eigenvalue weighted by Crippen LogP contribution is -2.50. The lowest BCUT2D eigenvalue weighted by atomic mass is 9.74. The van der Waals surface area contributed by atoms with E-state index in [1.807, 2.05) is 6.92 Å². The van der Waals surface area contributed by atoms with Crippen molar-refractivity contribution in [3.8, 4) is 12.3 Å². The Morgan fingerprint density at radius 3 is 2.93 bits per heavy atom. The fraction of sp³-hybridized carbons (Fsp3) is 0.545. The van der Waals surface area contributed by atoms with Gasteiger partial charge in [-0.05, 0) is 38.8 Å². The first kappa shape index (κ1) is 19.4. The minimum atomic E-state index is -0.575. The van der Waals surface area contributed by atoms with Crippen LogP contribution in [0.15, 0.2) is 29.4 Å². The van der Waals surface area contributed by atoms with Crippen LogP contribution in [0, 0.1) is 24.7 Å². The van der Waals surface area contributed by atoms with Gasteiger partial charge < -0.3 is 9.57 Å². The van der Waals surface area contributed by atoms with Gasteiger partial charge in [0.05, 0.1) is 24.3 Å². The Morgan fingerprint density at radius 1 is 1.44 bits per heavy atom. The lowest BCUT2D eigenvalue weighted by Gasteiger charge is -2.41. The van der Waals surface area contributed by atoms with E-state index in [1.54, 1.807) is 0 Å². The van der Waals surface area contributed by atoms with E-state index in [1.165, 1.54) is 5.56 Å². The maximum Gasteiger partial charge on any atom is 0.313 e. The largest absolute Gasteiger partial charge is 0.466 e. The van der Waals surface area contributed by atoms with E-state index in [0.29, 0.717) is 32.5 Å². The van der Waals surface area contributed by atoms with Crippen LogP contribution < -0.4 is 0 Å². The number of hydrogen-bond donors (Lipinski definition) is 0. The van der Waals surface area contributed by atoms with Gasteiger partial charge in [0.2, 0.25) is 0 Å². The molecule has 3 rings (SSSR count). The topological polar surface area (TPSA) is 51.1 Å². The third-order valence-corrected chi connectivity index (χ3v) is 5.42. The molecule has 2 aliphatic rings. The number of piperidine rings is 1. The highest BCUT2D eigenvalue weighted by molar-refractivity contribution is 6.01. The molecule has 1 saturated heterocycles. The number of likely N-dealkylation sites (tertiary alicyclic amines) is 1. The van der Waals surface area contributed by atoms with Crippen LogP contribution in [0.4, 0.5) is 0 Å². The van der Waals surface area contributed by atoms with Gasteiger partial charge in [-0.25, -0.2) is 0 Å². The van der Waals surface area contributed by atoms with Crippen LogP contribution in [-0.2, 0) is 14.4 Å². The molecule has 5 heteroatoms. The summed E-state index contributed by atoms with van der Waals surface area (Å²) in [7, 11) is 0.